The fourth-order valence-electron chi connectivity index (χ4n) is 1.19. The molecular weight excluding hydrogens is 242 g/mol. The van der Waals surface area contributed by atoms with Crippen LogP contribution in [-0.2, 0) is 0 Å². The molecule has 0 aliphatic heterocycles. The first-order chi connectivity index (χ1) is 7.90. The van der Waals surface area contributed by atoms with Crippen LogP contribution in [0.4, 0.5) is 14.5 Å². The lowest BCUT2D eigenvalue weighted by Crippen LogP contribution is -2.09. The van der Waals surface area contributed by atoms with Crippen molar-refractivity contribution in [2.24, 2.45) is 0 Å². The van der Waals surface area contributed by atoms with Gasteiger partial charge in [-0.25, -0.2) is 18.6 Å². The number of carboxylic acids is 1. The number of aromatic nitrogens is 1. The van der Waals surface area contributed by atoms with Crippen molar-refractivity contribution in [3.8, 4) is 5.75 Å². The summed E-state index contributed by atoms with van der Waals surface area (Å²) in [6.45, 7) is 0. The fourth-order valence-corrected chi connectivity index (χ4v) is 1.19. The highest BCUT2D eigenvalue weighted by atomic mass is 19.3. The van der Waals surface area contributed by atoms with E-state index in [1.54, 1.807) is 0 Å². The van der Waals surface area contributed by atoms with Crippen LogP contribution >= 0.6 is 0 Å². The van der Waals surface area contributed by atoms with Gasteiger partial charge in [0, 0.05) is 6.20 Å². The normalized spacial score (nSPS) is 10.4. The number of pyridine rings is 1. The number of nitro groups is 1. The highest BCUT2D eigenvalue weighted by molar-refractivity contribution is 5.90. The number of halogens is 2. The minimum absolute atomic E-state index is 0.453. The summed E-state index contributed by atoms with van der Waals surface area (Å²) in [7, 11) is 0.936. The van der Waals surface area contributed by atoms with E-state index in [9.17, 15) is 23.7 Å². The second-order valence-electron chi connectivity index (χ2n) is 2.81. The first kappa shape index (κ1) is 12.7. The number of carboxylic acid groups (broad SMARTS) is 1. The molecule has 0 aliphatic rings. The van der Waals surface area contributed by atoms with E-state index in [1.807, 2.05) is 0 Å². The Morgan fingerprint density at radius 3 is 2.59 bits per heavy atom. The van der Waals surface area contributed by atoms with Crippen molar-refractivity contribution in [1.29, 1.82) is 0 Å². The van der Waals surface area contributed by atoms with Gasteiger partial charge in [0.15, 0.2) is 5.69 Å². The van der Waals surface area contributed by atoms with E-state index >= 15 is 0 Å². The van der Waals surface area contributed by atoms with Gasteiger partial charge in [0.1, 0.15) is 5.56 Å². The summed E-state index contributed by atoms with van der Waals surface area (Å²) in [6, 6.07) is 0. The van der Waals surface area contributed by atoms with Gasteiger partial charge in [-0.3, -0.25) is 10.1 Å². The third kappa shape index (κ3) is 2.27. The highest BCUT2D eigenvalue weighted by Crippen LogP contribution is 2.37. The van der Waals surface area contributed by atoms with E-state index in [1.165, 1.54) is 0 Å². The summed E-state index contributed by atoms with van der Waals surface area (Å²) < 4.78 is 29.5. The average molecular weight is 248 g/mol. The molecule has 0 atom stereocenters. The second-order valence-corrected chi connectivity index (χ2v) is 2.81. The summed E-state index contributed by atoms with van der Waals surface area (Å²) in [4.78, 5) is 23.4. The molecule has 9 heteroatoms. The number of rotatable bonds is 4. The number of nitrogens with zero attached hydrogens (tertiary/aromatic N) is 2. The lowest BCUT2D eigenvalue weighted by Gasteiger charge is -2.08. The molecule has 92 valence electrons. The van der Waals surface area contributed by atoms with Crippen molar-refractivity contribution in [2.75, 3.05) is 7.11 Å². The van der Waals surface area contributed by atoms with Gasteiger partial charge in [0.25, 0.3) is 6.43 Å². The minimum Gasteiger partial charge on any atom is -0.488 e. The Balaban J connectivity index is 3.61. The quantitative estimate of drug-likeness (QED) is 0.641. The molecule has 0 aliphatic carbocycles. The zero-order chi connectivity index (χ0) is 13.2. The smallest absolute Gasteiger partial charge is 0.358 e. The Bertz CT molecular complexity index is 477. The molecular formula is C8H6F2N2O5. The van der Waals surface area contributed by atoms with Crippen molar-refractivity contribution < 1.29 is 28.3 Å². The maximum absolute atomic E-state index is 12.5. The number of hydrogen-bond acceptors (Lipinski definition) is 5. The lowest BCUT2D eigenvalue weighted by atomic mass is 10.2. The number of alkyl halides is 2. The fraction of sp³-hybridized carbons (Fsp3) is 0.250. The third-order valence-electron chi connectivity index (χ3n) is 1.86. The van der Waals surface area contributed by atoms with Gasteiger partial charge in [0.2, 0.25) is 5.75 Å². The van der Waals surface area contributed by atoms with E-state index < -0.39 is 40.0 Å². The monoisotopic (exact) mass is 248 g/mol. The molecule has 1 heterocycles. The van der Waals surface area contributed by atoms with Crippen LogP contribution in [0.25, 0.3) is 0 Å². The summed E-state index contributed by atoms with van der Waals surface area (Å²) in [5.41, 5.74) is -2.87. The molecule has 0 saturated heterocycles. The third-order valence-corrected chi connectivity index (χ3v) is 1.86. The molecule has 0 unspecified atom stereocenters. The van der Waals surface area contributed by atoms with Crippen LogP contribution in [-0.4, -0.2) is 28.1 Å². The number of aromatic carboxylic acids is 1. The van der Waals surface area contributed by atoms with Crippen LogP contribution in [0.15, 0.2) is 6.20 Å². The van der Waals surface area contributed by atoms with Crippen molar-refractivity contribution >= 4 is 11.7 Å². The van der Waals surface area contributed by atoms with E-state index in [0.29, 0.717) is 6.20 Å². The van der Waals surface area contributed by atoms with Crippen molar-refractivity contribution in [2.45, 2.75) is 6.43 Å². The zero-order valence-corrected chi connectivity index (χ0v) is 8.39. The SMILES string of the molecule is COc1c(C(=O)O)ncc(C(F)F)c1[N+](=O)[O-]. The van der Waals surface area contributed by atoms with Crippen LogP contribution in [0.2, 0.25) is 0 Å². The molecule has 0 saturated carbocycles. The summed E-state index contributed by atoms with van der Waals surface area (Å²) >= 11 is 0. The standard InChI is InChI=1S/C8H6F2N2O5/c1-17-6-4(8(13)14)11-2-3(7(9)10)5(6)12(15)16/h2,7H,1H3,(H,13,14). The molecule has 1 aromatic heterocycles. The molecule has 17 heavy (non-hydrogen) atoms. The van der Waals surface area contributed by atoms with Crippen molar-refractivity contribution in [3.63, 3.8) is 0 Å². The lowest BCUT2D eigenvalue weighted by molar-refractivity contribution is -0.387. The Hall–Kier alpha value is -2.32. The second kappa shape index (κ2) is 4.68. The number of ether oxygens (including phenoxy) is 1. The molecule has 7 nitrogen and oxygen atoms in total. The molecule has 0 aromatic carbocycles. The largest absolute Gasteiger partial charge is 0.488 e. The van der Waals surface area contributed by atoms with E-state index in [2.05, 4.69) is 9.72 Å². The van der Waals surface area contributed by atoms with Crippen LogP contribution in [0.1, 0.15) is 22.5 Å². The number of hydrogen-bond donors (Lipinski definition) is 1. The topological polar surface area (TPSA) is 103 Å². The molecule has 0 spiro atoms. The van der Waals surface area contributed by atoms with E-state index in [4.69, 9.17) is 5.11 Å². The summed E-state index contributed by atoms with van der Waals surface area (Å²) in [6.07, 6.45) is -2.70. The van der Waals surface area contributed by atoms with Crippen LogP contribution in [0.3, 0.4) is 0 Å². The van der Waals surface area contributed by atoms with Crippen LogP contribution < -0.4 is 4.74 Å². The Kier molecular flexibility index (Phi) is 3.51. The Morgan fingerprint density at radius 1 is 1.65 bits per heavy atom. The van der Waals surface area contributed by atoms with Gasteiger partial charge >= 0.3 is 11.7 Å². The van der Waals surface area contributed by atoms with Gasteiger partial charge in [-0.05, 0) is 0 Å². The maximum Gasteiger partial charge on any atom is 0.358 e. The van der Waals surface area contributed by atoms with E-state index in [-0.39, 0.29) is 0 Å². The number of carbonyl (C=O) groups is 1. The zero-order valence-electron chi connectivity index (χ0n) is 8.39. The Labute approximate surface area is 92.8 Å². The van der Waals surface area contributed by atoms with Crippen molar-refractivity contribution in [1.82, 2.24) is 4.98 Å². The van der Waals surface area contributed by atoms with Crippen LogP contribution in [0, 0.1) is 10.1 Å². The Morgan fingerprint density at radius 2 is 2.24 bits per heavy atom. The van der Waals surface area contributed by atoms with E-state index in [0.717, 1.165) is 7.11 Å². The summed E-state index contributed by atoms with van der Waals surface area (Å²) in [5.74, 6) is -2.40. The molecule has 1 rings (SSSR count). The number of methoxy groups -OCH3 is 1. The first-order valence-electron chi connectivity index (χ1n) is 4.12. The molecule has 0 amide bonds. The maximum atomic E-state index is 12.5. The van der Waals surface area contributed by atoms with Gasteiger partial charge in [-0.15, -0.1) is 0 Å². The van der Waals surface area contributed by atoms with Gasteiger partial charge in [-0.2, -0.15) is 0 Å². The van der Waals surface area contributed by atoms with Gasteiger partial charge < -0.3 is 9.84 Å². The summed E-state index contributed by atoms with van der Waals surface area (Å²) in [5, 5.41) is 19.3. The average Bonchev–Trinajstić information content (AvgIpc) is 2.26. The molecule has 0 bridgehead atoms. The van der Waals surface area contributed by atoms with Crippen molar-refractivity contribution in [3.05, 3.63) is 27.6 Å². The van der Waals surface area contributed by atoms with Crippen LogP contribution in [0.5, 0.6) is 5.75 Å². The predicted molar refractivity (Wildman–Crippen MR) is 49.4 cm³/mol. The first-order valence-corrected chi connectivity index (χ1v) is 4.12. The van der Waals surface area contributed by atoms with Gasteiger partial charge in [0.05, 0.1) is 12.0 Å². The van der Waals surface area contributed by atoms with Gasteiger partial charge in [-0.1, -0.05) is 0 Å². The molecule has 1 N–H and O–H groups in total. The predicted octanol–water partition coefficient (Wildman–Crippen LogP) is 1.63. The highest BCUT2D eigenvalue weighted by Gasteiger charge is 2.32. The molecule has 0 radical (unpaired) electrons. The molecule has 0 fully saturated rings. The minimum atomic E-state index is -3.15. The molecule has 1 aromatic rings.